The van der Waals surface area contributed by atoms with Crippen molar-refractivity contribution in [3.63, 3.8) is 0 Å². The van der Waals surface area contributed by atoms with Gasteiger partial charge in [-0.2, -0.15) is 0 Å². The van der Waals surface area contributed by atoms with Crippen molar-refractivity contribution in [1.29, 1.82) is 0 Å². The molecular formula is C15H19NO5S. The zero-order valence-electron chi connectivity index (χ0n) is 12.5. The molecule has 0 unspecified atom stereocenters. The topological polar surface area (TPSA) is 89.5 Å². The first-order chi connectivity index (χ1) is 10.3. The van der Waals surface area contributed by atoms with Crippen LogP contribution in [0.3, 0.4) is 0 Å². The van der Waals surface area contributed by atoms with Crippen LogP contribution in [0.5, 0.6) is 5.75 Å². The molecule has 0 spiro atoms. The quantitative estimate of drug-likeness (QED) is 0.815. The van der Waals surface area contributed by atoms with Crippen molar-refractivity contribution in [1.82, 2.24) is 5.32 Å². The largest absolute Gasteiger partial charge is 0.481 e. The second-order valence-corrected chi connectivity index (χ2v) is 7.68. The average Bonchev–Trinajstić information content (AvgIpc) is 2.78. The maximum Gasteiger partial charge on any atom is 0.261 e. The number of carbonyl (C=O) groups excluding carboxylic acids is 2. The van der Waals surface area contributed by atoms with Crippen LogP contribution >= 0.6 is 0 Å². The highest BCUT2D eigenvalue weighted by atomic mass is 32.2. The summed E-state index contributed by atoms with van der Waals surface area (Å²) in [6, 6.07) is 6.23. The number of sulfone groups is 1. The number of Topliss-reactive ketones (excluding diaryl/α,β-unsaturated/α-hetero) is 1. The Balaban J connectivity index is 1.94. The Morgan fingerprint density at radius 1 is 1.36 bits per heavy atom. The fourth-order valence-corrected chi connectivity index (χ4v) is 3.95. The normalized spacial score (nSPS) is 21.1. The molecule has 1 saturated heterocycles. The van der Waals surface area contributed by atoms with E-state index in [1.807, 2.05) is 0 Å². The average molecular weight is 325 g/mol. The maximum atomic E-state index is 12.0. The summed E-state index contributed by atoms with van der Waals surface area (Å²) in [6.45, 7) is 3.04. The minimum atomic E-state index is -3.03. The number of ketones is 1. The highest BCUT2D eigenvalue weighted by Gasteiger charge is 2.30. The molecule has 1 aromatic carbocycles. The van der Waals surface area contributed by atoms with Crippen LogP contribution in [0.25, 0.3) is 0 Å². The van der Waals surface area contributed by atoms with Gasteiger partial charge in [0.1, 0.15) is 5.75 Å². The van der Waals surface area contributed by atoms with Gasteiger partial charge in [-0.1, -0.05) is 12.1 Å². The number of benzene rings is 1. The van der Waals surface area contributed by atoms with E-state index in [1.54, 1.807) is 31.2 Å². The summed E-state index contributed by atoms with van der Waals surface area (Å²) in [5.41, 5.74) is 0.506. The number of hydrogen-bond donors (Lipinski definition) is 1. The van der Waals surface area contributed by atoms with Crippen LogP contribution in [-0.4, -0.2) is 43.8 Å². The molecule has 0 bridgehead atoms. The molecule has 6 nitrogen and oxygen atoms in total. The lowest BCUT2D eigenvalue weighted by Gasteiger charge is -2.17. The van der Waals surface area contributed by atoms with Crippen LogP contribution in [0.2, 0.25) is 0 Å². The van der Waals surface area contributed by atoms with Gasteiger partial charge in [0, 0.05) is 11.6 Å². The fraction of sp³-hybridized carbons (Fsp3) is 0.467. The molecule has 2 rings (SSSR count). The number of rotatable bonds is 5. The number of carbonyl (C=O) groups is 2. The standard InChI is InChI=1S/C15H19NO5S/c1-10(17)12-4-3-5-14(8-12)21-11(2)15(18)16-13-6-7-22(19,20)9-13/h3-5,8,11,13H,6-7,9H2,1-2H3,(H,16,18)/t11-,13+/m1/s1. The summed E-state index contributed by atoms with van der Waals surface area (Å²) in [6.07, 6.45) is -0.342. The molecule has 1 heterocycles. The Labute approximate surface area is 129 Å². The summed E-state index contributed by atoms with van der Waals surface area (Å²) in [7, 11) is -3.03. The van der Waals surface area contributed by atoms with E-state index >= 15 is 0 Å². The fourth-order valence-electron chi connectivity index (χ4n) is 2.27. The molecule has 0 aromatic heterocycles. The van der Waals surface area contributed by atoms with Gasteiger partial charge in [-0.25, -0.2) is 8.42 Å². The van der Waals surface area contributed by atoms with Crippen molar-refractivity contribution in [2.45, 2.75) is 32.4 Å². The van der Waals surface area contributed by atoms with E-state index in [-0.39, 0.29) is 29.2 Å². The maximum absolute atomic E-state index is 12.0. The van der Waals surface area contributed by atoms with Crippen LogP contribution in [0.1, 0.15) is 30.6 Å². The van der Waals surface area contributed by atoms with Crippen LogP contribution in [-0.2, 0) is 14.6 Å². The Morgan fingerprint density at radius 3 is 2.68 bits per heavy atom. The minimum Gasteiger partial charge on any atom is -0.481 e. The van der Waals surface area contributed by atoms with Crippen LogP contribution < -0.4 is 10.1 Å². The molecule has 1 N–H and O–H groups in total. The predicted octanol–water partition coefficient (Wildman–Crippen LogP) is 0.960. The Hall–Kier alpha value is -1.89. The highest BCUT2D eigenvalue weighted by Crippen LogP contribution is 2.16. The van der Waals surface area contributed by atoms with E-state index in [0.29, 0.717) is 17.7 Å². The number of amides is 1. The van der Waals surface area contributed by atoms with E-state index in [9.17, 15) is 18.0 Å². The number of nitrogens with one attached hydrogen (secondary N) is 1. The lowest BCUT2D eigenvalue weighted by atomic mass is 10.1. The predicted molar refractivity (Wildman–Crippen MR) is 81.7 cm³/mol. The third kappa shape index (κ3) is 4.30. The van der Waals surface area contributed by atoms with Crippen LogP contribution in [0, 0.1) is 0 Å². The molecule has 22 heavy (non-hydrogen) atoms. The first-order valence-electron chi connectivity index (χ1n) is 7.05. The highest BCUT2D eigenvalue weighted by molar-refractivity contribution is 7.91. The second kappa shape index (κ2) is 6.48. The Bertz CT molecular complexity index is 683. The van der Waals surface area contributed by atoms with Gasteiger partial charge in [-0.15, -0.1) is 0 Å². The van der Waals surface area contributed by atoms with Gasteiger partial charge < -0.3 is 10.1 Å². The summed E-state index contributed by atoms with van der Waals surface area (Å²) >= 11 is 0. The van der Waals surface area contributed by atoms with Gasteiger partial charge in [-0.3, -0.25) is 9.59 Å². The molecule has 0 radical (unpaired) electrons. The summed E-state index contributed by atoms with van der Waals surface area (Å²) in [5.74, 6) is 0.0579. The Morgan fingerprint density at radius 2 is 2.09 bits per heavy atom. The summed E-state index contributed by atoms with van der Waals surface area (Å²) in [5, 5.41) is 2.68. The van der Waals surface area contributed by atoms with Crippen molar-refractivity contribution >= 4 is 21.5 Å². The molecular weight excluding hydrogens is 306 g/mol. The zero-order valence-corrected chi connectivity index (χ0v) is 13.4. The van der Waals surface area contributed by atoms with Gasteiger partial charge >= 0.3 is 0 Å². The van der Waals surface area contributed by atoms with Crippen LogP contribution in [0.4, 0.5) is 0 Å². The molecule has 0 aliphatic carbocycles. The zero-order chi connectivity index (χ0) is 16.3. The molecule has 2 atom stereocenters. The van der Waals surface area contributed by atoms with Gasteiger partial charge in [0.2, 0.25) is 0 Å². The van der Waals surface area contributed by atoms with Crippen molar-refractivity contribution < 1.29 is 22.7 Å². The molecule has 120 valence electrons. The summed E-state index contributed by atoms with van der Waals surface area (Å²) < 4.78 is 28.3. The van der Waals surface area contributed by atoms with Gasteiger partial charge in [0.15, 0.2) is 21.7 Å². The van der Waals surface area contributed by atoms with Crippen LogP contribution in [0.15, 0.2) is 24.3 Å². The monoisotopic (exact) mass is 325 g/mol. The van der Waals surface area contributed by atoms with Gasteiger partial charge in [-0.05, 0) is 32.4 Å². The molecule has 1 aliphatic rings. The first kappa shape index (κ1) is 16.5. The van der Waals surface area contributed by atoms with E-state index < -0.39 is 15.9 Å². The molecule has 1 amide bonds. The number of ether oxygens (including phenoxy) is 1. The molecule has 0 saturated carbocycles. The SMILES string of the molecule is CC(=O)c1cccc(O[C@H](C)C(=O)N[C@H]2CCS(=O)(=O)C2)c1. The van der Waals surface area contributed by atoms with Crippen molar-refractivity contribution in [2.75, 3.05) is 11.5 Å². The van der Waals surface area contributed by atoms with Gasteiger partial charge in [0.25, 0.3) is 5.91 Å². The second-order valence-electron chi connectivity index (χ2n) is 5.45. The first-order valence-corrected chi connectivity index (χ1v) is 8.87. The molecule has 7 heteroatoms. The molecule has 1 fully saturated rings. The van der Waals surface area contributed by atoms with Crippen molar-refractivity contribution in [2.24, 2.45) is 0 Å². The van der Waals surface area contributed by atoms with Crippen molar-refractivity contribution in [3.05, 3.63) is 29.8 Å². The minimum absolute atomic E-state index is 0.0225. The summed E-state index contributed by atoms with van der Waals surface area (Å²) in [4.78, 5) is 23.4. The van der Waals surface area contributed by atoms with E-state index in [2.05, 4.69) is 5.32 Å². The third-order valence-corrected chi connectivity index (χ3v) is 5.27. The van der Waals surface area contributed by atoms with Crippen molar-refractivity contribution in [3.8, 4) is 5.75 Å². The Kier molecular flexibility index (Phi) is 4.85. The third-order valence-electron chi connectivity index (χ3n) is 3.50. The lowest BCUT2D eigenvalue weighted by Crippen LogP contribution is -2.43. The van der Waals surface area contributed by atoms with E-state index in [0.717, 1.165) is 0 Å². The van der Waals surface area contributed by atoms with E-state index in [1.165, 1.54) is 6.92 Å². The smallest absolute Gasteiger partial charge is 0.261 e. The lowest BCUT2D eigenvalue weighted by molar-refractivity contribution is -0.127. The molecule has 1 aromatic rings. The van der Waals surface area contributed by atoms with Gasteiger partial charge in [0.05, 0.1) is 11.5 Å². The molecule has 1 aliphatic heterocycles. The van der Waals surface area contributed by atoms with E-state index in [4.69, 9.17) is 4.74 Å². The number of hydrogen-bond acceptors (Lipinski definition) is 5.